The lowest BCUT2D eigenvalue weighted by molar-refractivity contribution is -0.122. The number of carbonyl (C=O) groups excluding carboxylic acids is 2. The Labute approximate surface area is 202 Å². The van der Waals surface area contributed by atoms with Gasteiger partial charge >= 0.3 is 0 Å². The average molecular weight is 478 g/mol. The van der Waals surface area contributed by atoms with Gasteiger partial charge in [-0.3, -0.25) is 9.59 Å². The minimum Gasteiger partial charge on any atom is -0.454 e. The molecule has 2 aliphatic rings. The molecule has 2 aromatic carbocycles. The van der Waals surface area contributed by atoms with E-state index in [4.69, 9.17) is 9.47 Å². The molecule has 5 rings (SSSR count). The molecule has 3 heterocycles. The number of nitrogens with zero attached hydrogens (tertiary/aromatic N) is 1. The van der Waals surface area contributed by atoms with Gasteiger partial charge in [0.1, 0.15) is 0 Å². The molecule has 0 unspecified atom stereocenters. The molecular formula is C26H27N3O4S. The van der Waals surface area contributed by atoms with E-state index in [0.717, 1.165) is 34.2 Å². The maximum atomic E-state index is 12.6. The molecule has 2 N–H and O–H groups in total. The lowest BCUT2D eigenvalue weighted by atomic mass is 9.85. The second-order valence-corrected chi connectivity index (χ2v) is 9.81. The highest BCUT2D eigenvalue weighted by molar-refractivity contribution is 7.09. The molecule has 34 heavy (non-hydrogen) atoms. The van der Waals surface area contributed by atoms with Gasteiger partial charge < -0.3 is 20.1 Å². The Morgan fingerprint density at radius 2 is 1.97 bits per heavy atom. The molecular weight excluding hydrogens is 450 g/mol. The van der Waals surface area contributed by atoms with Gasteiger partial charge in [-0.15, -0.1) is 11.3 Å². The fraction of sp³-hybridized carbons (Fsp3) is 0.346. The van der Waals surface area contributed by atoms with Crippen molar-refractivity contribution >= 4 is 23.2 Å². The summed E-state index contributed by atoms with van der Waals surface area (Å²) in [4.78, 5) is 29.3. The van der Waals surface area contributed by atoms with Gasteiger partial charge in [0, 0.05) is 30.2 Å². The Morgan fingerprint density at radius 1 is 1.12 bits per heavy atom. The Morgan fingerprint density at radius 3 is 2.79 bits per heavy atom. The highest BCUT2D eigenvalue weighted by Gasteiger charge is 2.38. The summed E-state index contributed by atoms with van der Waals surface area (Å²) in [5, 5.41) is 9.15. The molecule has 3 aromatic rings. The normalized spacial score (nSPS) is 18.6. The molecule has 2 aliphatic heterocycles. The molecule has 0 bridgehead atoms. The lowest BCUT2D eigenvalue weighted by Gasteiger charge is -2.29. The van der Waals surface area contributed by atoms with Gasteiger partial charge in [0.05, 0.1) is 17.2 Å². The van der Waals surface area contributed by atoms with Crippen molar-refractivity contribution in [1.29, 1.82) is 0 Å². The molecule has 0 aliphatic carbocycles. The van der Waals surface area contributed by atoms with Crippen LogP contribution >= 0.6 is 11.3 Å². The first-order chi connectivity index (χ1) is 16.6. The van der Waals surface area contributed by atoms with Gasteiger partial charge in [0.15, 0.2) is 11.5 Å². The number of ether oxygens (including phenoxy) is 2. The SMILES string of the molecule is O=C(CC[C@@]1(Cc2ccc3c(c2)OCO3)CCC(=O)N1)NCc1csc(Cc2ccccc2)n1. The second-order valence-electron chi connectivity index (χ2n) is 8.86. The molecule has 1 aromatic heterocycles. The van der Waals surface area contributed by atoms with Gasteiger partial charge in [-0.05, 0) is 42.5 Å². The number of benzene rings is 2. The smallest absolute Gasteiger partial charge is 0.231 e. The number of amides is 2. The third-order valence-corrected chi connectivity index (χ3v) is 7.21. The molecule has 176 valence electrons. The van der Waals surface area contributed by atoms with Crippen LogP contribution in [-0.2, 0) is 29.0 Å². The topological polar surface area (TPSA) is 89.5 Å². The number of fused-ring (bicyclic) bond motifs is 1. The van der Waals surface area contributed by atoms with E-state index in [9.17, 15) is 9.59 Å². The Bertz CT molecular complexity index is 1180. The number of hydrogen-bond donors (Lipinski definition) is 2. The van der Waals surface area contributed by atoms with Crippen LogP contribution in [0.25, 0.3) is 0 Å². The second kappa shape index (κ2) is 9.85. The molecule has 1 saturated heterocycles. The van der Waals surface area contributed by atoms with Crippen LogP contribution in [0.3, 0.4) is 0 Å². The highest BCUT2D eigenvalue weighted by Crippen LogP contribution is 2.36. The van der Waals surface area contributed by atoms with Gasteiger partial charge in [-0.2, -0.15) is 0 Å². The Kier molecular flexibility index (Phi) is 6.49. The van der Waals surface area contributed by atoms with Crippen LogP contribution in [0, 0.1) is 0 Å². The van der Waals surface area contributed by atoms with E-state index in [2.05, 4.69) is 27.8 Å². The summed E-state index contributed by atoms with van der Waals surface area (Å²) in [6.45, 7) is 0.638. The summed E-state index contributed by atoms with van der Waals surface area (Å²) < 4.78 is 10.9. The first-order valence-electron chi connectivity index (χ1n) is 11.5. The number of rotatable bonds is 9. The minimum atomic E-state index is -0.425. The van der Waals surface area contributed by atoms with Crippen molar-refractivity contribution in [1.82, 2.24) is 15.6 Å². The maximum Gasteiger partial charge on any atom is 0.231 e. The first kappa shape index (κ1) is 22.4. The largest absolute Gasteiger partial charge is 0.454 e. The van der Waals surface area contributed by atoms with E-state index in [1.807, 2.05) is 41.8 Å². The van der Waals surface area contributed by atoms with E-state index in [0.29, 0.717) is 38.6 Å². The summed E-state index contributed by atoms with van der Waals surface area (Å²) in [5.74, 6) is 1.46. The van der Waals surface area contributed by atoms with Crippen LogP contribution in [0.1, 0.15) is 47.5 Å². The molecule has 0 radical (unpaired) electrons. The summed E-state index contributed by atoms with van der Waals surface area (Å²) in [7, 11) is 0. The minimum absolute atomic E-state index is 0.0366. The Balaban J connectivity index is 1.14. The molecule has 1 atom stereocenters. The number of aromatic nitrogens is 1. The van der Waals surface area contributed by atoms with Crippen molar-refractivity contribution in [3.63, 3.8) is 0 Å². The molecule has 0 saturated carbocycles. The lowest BCUT2D eigenvalue weighted by Crippen LogP contribution is -2.44. The fourth-order valence-corrected chi connectivity index (χ4v) is 5.36. The molecule has 7 nitrogen and oxygen atoms in total. The number of hydrogen-bond acceptors (Lipinski definition) is 6. The van der Waals surface area contributed by atoms with Crippen LogP contribution in [0.4, 0.5) is 0 Å². The standard InChI is InChI=1S/C26H27N3O4S/c30-23(27-15-20-16-34-25(28-20)13-18-4-2-1-3-5-18)8-10-26(11-9-24(31)29-26)14-19-6-7-21-22(12-19)33-17-32-21/h1-7,12,16H,8-11,13-15,17H2,(H,27,30)(H,29,31)/t26-/m0/s1. The van der Waals surface area contributed by atoms with E-state index >= 15 is 0 Å². The predicted molar refractivity (Wildman–Crippen MR) is 129 cm³/mol. The van der Waals surface area contributed by atoms with Gasteiger partial charge in [-0.25, -0.2) is 4.98 Å². The molecule has 1 fully saturated rings. The summed E-state index contributed by atoms with van der Waals surface area (Å²) in [6, 6.07) is 16.1. The third kappa shape index (κ3) is 5.39. The van der Waals surface area contributed by atoms with Crippen molar-refractivity contribution in [2.45, 2.75) is 50.6 Å². The maximum absolute atomic E-state index is 12.6. The van der Waals surface area contributed by atoms with E-state index in [1.54, 1.807) is 11.3 Å². The number of carbonyl (C=O) groups is 2. The van der Waals surface area contributed by atoms with Crippen molar-refractivity contribution < 1.29 is 19.1 Å². The van der Waals surface area contributed by atoms with Crippen LogP contribution < -0.4 is 20.1 Å². The van der Waals surface area contributed by atoms with E-state index < -0.39 is 5.54 Å². The first-order valence-corrected chi connectivity index (χ1v) is 12.4. The quantitative estimate of drug-likeness (QED) is 0.490. The van der Waals surface area contributed by atoms with Crippen LogP contribution in [-0.4, -0.2) is 29.1 Å². The van der Waals surface area contributed by atoms with Crippen molar-refractivity contribution in [2.24, 2.45) is 0 Å². The van der Waals surface area contributed by atoms with Crippen LogP contribution in [0.15, 0.2) is 53.9 Å². The zero-order valence-corrected chi connectivity index (χ0v) is 19.7. The van der Waals surface area contributed by atoms with Crippen LogP contribution in [0.2, 0.25) is 0 Å². The summed E-state index contributed by atoms with van der Waals surface area (Å²) >= 11 is 1.61. The molecule has 8 heteroatoms. The monoisotopic (exact) mass is 477 g/mol. The Hall–Kier alpha value is -3.39. The van der Waals surface area contributed by atoms with Crippen molar-refractivity contribution in [3.05, 3.63) is 75.7 Å². The third-order valence-electron chi connectivity index (χ3n) is 6.31. The van der Waals surface area contributed by atoms with E-state index in [-0.39, 0.29) is 18.6 Å². The summed E-state index contributed by atoms with van der Waals surface area (Å²) in [5.41, 5.74) is 2.72. The summed E-state index contributed by atoms with van der Waals surface area (Å²) in [6.07, 6.45) is 3.55. The highest BCUT2D eigenvalue weighted by atomic mass is 32.1. The van der Waals surface area contributed by atoms with E-state index in [1.165, 1.54) is 5.56 Å². The van der Waals surface area contributed by atoms with Gasteiger partial charge in [-0.1, -0.05) is 36.4 Å². The molecule has 0 spiro atoms. The van der Waals surface area contributed by atoms with Gasteiger partial charge in [0.2, 0.25) is 18.6 Å². The van der Waals surface area contributed by atoms with Crippen molar-refractivity contribution in [2.75, 3.05) is 6.79 Å². The fourth-order valence-electron chi connectivity index (χ4n) is 4.54. The molecule has 2 amide bonds. The number of nitrogens with one attached hydrogen (secondary N) is 2. The predicted octanol–water partition coefficient (Wildman–Crippen LogP) is 3.75. The van der Waals surface area contributed by atoms with Crippen molar-refractivity contribution in [3.8, 4) is 11.5 Å². The number of thiazole rings is 1. The zero-order chi connectivity index (χ0) is 23.4. The van der Waals surface area contributed by atoms with Crippen LogP contribution in [0.5, 0.6) is 11.5 Å². The zero-order valence-electron chi connectivity index (χ0n) is 18.8. The van der Waals surface area contributed by atoms with Gasteiger partial charge in [0.25, 0.3) is 0 Å². The average Bonchev–Trinajstić information content (AvgIpc) is 3.57.